The van der Waals surface area contributed by atoms with Crippen LogP contribution in [0.3, 0.4) is 0 Å². The standard InChI is InChI=1S/C11H13FN4O2S/c12-11-3-8(4-13)1-2-9(11)5-16-19(17,18)10-6-14-15-7-10/h1-3,6-7,16H,4-5,13H2,(H,14,15). The Balaban J connectivity index is 2.11. The van der Waals surface area contributed by atoms with Gasteiger partial charge in [0.25, 0.3) is 0 Å². The van der Waals surface area contributed by atoms with Crippen LogP contribution in [-0.2, 0) is 23.1 Å². The first-order valence-corrected chi connectivity index (χ1v) is 6.97. The molecule has 2 aromatic rings. The third kappa shape index (κ3) is 3.16. The number of benzene rings is 1. The molecule has 6 nitrogen and oxygen atoms in total. The van der Waals surface area contributed by atoms with Crippen molar-refractivity contribution in [3.63, 3.8) is 0 Å². The highest BCUT2D eigenvalue weighted by atomic mass is 32.2. The fraction of sp³-hybridized carbons (Fsp3) is 0.182. The molecule has 0 amide bonds. The van der Waals surface area contributed by atoms with Crippen molar-refractivity contribution in [2.45, 2.75) is 18.0 Å². The zero-order valence-electron chi connectivity index (χ0n) is 9.93. The van der Waals surface area contributed by atoms with Crippen LogP contribution in [-0.4, -0.2) is 18.6 Å². The van der Waals surface area contributed by atoms with E-state index in [2.05, 4.69) is 14.9 Å². The first-order chi connectivity index (χ1) is 9.03. The second-order valence-corrected chi connectivity index (χ2v) is 5.66. The molecule has 4 N–H and O–H groups in total. The molecule has 0 fully saturated rings. The normalized spacial score (nSPS) is 11.7. The first kappa shape index (κ1) is 13.7. The number of nitrogens with two attached hydrogens (primary N) is 1. The summed E-state index contributed by atoms with van der Waals surface area (Å²) in [7, 11) is -3.68. The van der Waals surface area contributed by atoms with E-state index in [9.17, 15) is 12.8 Å². The van der Waals surface area contributed by atoms with Gasteiger partial charge in [-0.3, -0.25) is 5.10 Å². The highest BCUT2D eigenvalue weighted by Crippen LogP contribution is 2.12. The van der Waals surface area contributed by atoms with Gasteiger partial charge in [0, 0.05) is 24.8 Å². The topological polar surface area (TPSA) is 101 Å². The van der Waals surface area contributed by atoms with Gasteiger partial charge in [-0.25, -0.2) is 17.5 Å². The van der Waals surface area contributed by atoms with E-state index in [4.69, 9.17) is 5.73 Å². The lowest BCUT2D eigenvalue weighted by Gasteiger charge is -2.07. The van der Waals surface area contributed by atoms with Crippen LogP contribution in [0.25, 0.3) is 0 Å². The van der Waals surface area contributed by atoms with E-state index < -0.39 is 15.8 Å². The molecule has 8 heteroatoms. The predicted octanol–water partition coefficient (Wildman–Crippen LogP) is 0.486. The van der Waals surface area contributed by atoms with E-state index in [1.165, 1.54) is 24.5 Å². The molecule has 1 aromatic carbocycles. The maximum atomic E-state index is 13.6. The summed E-state index contributed by atoms with van der Waals surface area (Å²) in [6, 6.07) is 4.46. The lowest BCUT2D eigenvalue weighted by Crippen LogP contribution is -2.23. The lowest BCUT2D eigenvalue weighted by atomic mass is 10.1. The molecule has 19 heavy (non-hydrogen) atoms. The predicted molar refractivity (Wildman–Crippen MR) is 66.9 cm³/mol. The molecule has 0 unspecified atom stereocenters. The third-order valence-corrected chi connectivity index (χ3v) is 3.96. The SMILES string of the molecule is NCc1ccc(CNS(=O)(=O)c2cn[nH]c2)c(F)c1. The number of aromatic amines is 1. The molecule has 1 aromatic heterocycles. The molecule has 0 bridgehead atoms. The van der Waals surface area contributed by atoms with Gasteiger partial charge in [0.05, 0.1) is 6.20 Å². The summed E-state index contributed by atoms with van der Waals surface area (Å²) < 4.78 is 39.5. The maximum absolute atomic E-state index is 13.6. The molecule has 0 radical (unpaired) electrons. The van der Waals surface area contributed by atoms with Crippen molar-refractivity contribution in [3.8, 4) is 0 Å². The van der Waals surface area contributed by atoms with E-state index in [0.29, 0.717) is 5.56 Å². The first-order valence-electron chi connectivity index (χ1n) is 5.49. The molecule has 102 valence electrons. The minimum absolute atomic E-state index is 0.00601. The number of nitrogens with one attached hydrogen (secondary N) is 2. The fourth-order valence-electron chi connectivity index (χ4n) is 1.50. The number of sulfonamides is 1. The van der Waals surface area contributed by atoms with Crippen LogP contribution in [0, 0.1) is 5.82 Å². The Kier molecular flexibility index (Phi) is 3.93. The Labute approximate surface area is 109 Å². The molecular formula is C11H13FN4O2S. The van der Waals surface area contributed by atoms with Crippen LogP contribution >= 0.6 is 0 Å². The molecule has 2 rings (SSSR count). The smallest absolute Gasteiger partial charge is 0.243 e. The second kappa shape index (κ2) is 5.47. The van der Waals surface area contributed by atoms with Crippen LogP contribution in [0.5, 0.6) is 0 Å². The third-order valence-electron chi connectivity index (χ3n) is 2.59. The van der Waals surface area contributed by atoms with Crippen molar-refractivity contribution in [2.75, 3.05) is 0 Å². The number of aromatic nitrogens is 2. The zero-order valence-corrected chi connectivity index (χ0v) is 10.7. The Hall–Kier alpha value is -1.77. The van der Waals surface area contributed by atoms with Crippen molar-refractivity contribution in [3.05, 3.63) is 47.5 Å². The lowest BCUT2D eigenvalue weighted by molar-refractivity contribution is 0.574. The summed E-state index contributed by atoms with van der Waals surface area (Å²) in [6.45, 7) is 0.0993. The molecule has 0 atom stereocenters. The van der Waals surface area contributed by atoms with E-state index >= 15 is 0 Å². The average molecular weight is 284 g/mol. The number of hydrogen-bond acceptors (Lipinski definition) is 4. The summed E-state index contributed by atoms with van der Waals surface area (Å²) in [5, 5.41) is 5.95. The molecule has 0 spiro atoms. The van der Waals surface area contributed by atoms with Gasteiger partial charge in [0.1, 0.15) is 10.7 Å². The van der Waals surface area contributed by atoms with Gasteiger partial charge in [-0.05, 0) is 11.6 Å². The quantitative estimate of drug-likeness (QED) is 0.743. The Morgan fingerprint density at radius 2 is 2.21 bits per heavy atom. The van der Waals surface area contributed by atoms with Gasteiger partial charge in [-0.2, -0.15) is 5.10 Å². The monoisotopic (exact) mass is 284 g/mol. The average Bonchev–Trinajstić information content (AvgIpc) is 2.92. The second-order valence-electron chi connectivity index (χ2n) is 3.89. The number of hydrogen-bond donors (Lipinski definition) is 3. The molecule has 0 aliphatic heterocycles. The van der Waals surface area contributed by atoms with Gasteiger partial charge >= 0.3 is 0 Å². The zero-order chi connectivity index (χ0) is 13.9. The Morgan fingerprint density at radius 1 is 1.42 bits per heavy atom. The molecule has 0 aliphatic carbocycles. The molecule has 0 saturated heterocycles. The van der Waals surface area contributed by atoms with Gasteiger partial charge in [-0.1, -0.05) is 12.1 Å². The van der Waals surface area contributed by atoms with Crippen molar-refractivity contribution in [1.29, 1.82) is 0 Å². The van der Waals surface area contributed by atoms with Crippen molar-refractivity contribution >= 4 is 10.0 Å². The highest BCUT2D eigenvalue weighted by molar-refractivity contribution is 7.89. The summed E-state index contributed by atoms with van der Waals surface area (Å²) in [6.07, 6.45) is 2.42. The van der Waals surface area contributed by atoms with Crippen LogP contribution in [0.15, 0.2) is 35.5 Å². The van der Waals surface area contributed by atoms with Crippen molar-refractivity contribution in [1.82, 2.24) is 14.9 Å². The largest absolute Gasteiger partial charge is 0.326 e. The number of rotatable bonds is 5. The van der Waals surface area contributed by atoms with Crippen LogP contribution in [0.2, 0.25) is 0 Å². The van der Waals surface area contributed by atoms with Crippen molar-refractivity contribution in [2.24, 2.45) is 5.73 Å². The van der Waals surface area contributed by atoms with Crippen LogP contribution in [0.1, 0.15) is 11.1 Å². The van der Waals surface area contributed by atoms with Gasteiger partial charge in [0.2, 0.25) is 10.0 Å². The van der Waals surface area contributed by atoms with E-state index in [1.807, 2.05) is 0 Å². The Morgan fingerprint density at radius 3 is 2.79 bits per heavy atom. The van der Waals surface area contributed by atoms with E-state index in [1.54, 1.807) is 6.07 Å². The summed E-state index contributed by atoms with van der Waals surface area (Å²) in [5.74, 6) is -0.488. The molecule has 0 saturated carbocycles. The molecule has 0 aliphatic rings. The van der Waals surface area contributed by atoms with Gasteiger partial charge in [0.15, 0.2) is 0 Å². The maximum Gasteiger partial charge on any atom is 0.243 e. The summed E-state index contributed by atoms with van der Waals surface area (Å²) in [4.78, 5) is 0.00601. The van der Waals surface area contributed by atoms with Gasteiger partial charge < -0.3 is 5.73 Å². The number of H-pyrrole nitrogens is 1. The fourth-order valence-corrected chi connectivity index (χ4v) is 2.41. The summed E-state index contributed by atoms with van der Waals surface area (Å²) >= 11 is 0. The minimum Gasteiger partial charge on any atom is -0.326 e. The highest BCUT2D eigenvalue weighted by Gasteiger charge is 2.15. The Bertz CT molecular complexity index is 655. The molecular weight excluding hydrogens is 271 g/mol. The van der Waals surface area contributed by atoms with Crippen molar-refractivity contribution < 1.29 is 12.8 Å². The van der Waals surface area contributed by atoms with E-state index in [0.717, 1.165) is 0 Å². The van der Waals surface area contributed by atoms with Crippen LogP contribution < -0.4 is 10.5 Å². The molecule has 1 heterocycles. The summed E-state index contributed by atoms with van der Waals surface area (Å²) in [5.41, 5.74) is 6.29. The number of halogens is 1. The minimum atomic E-state index is -3.68. The van der Waals surface area contributed by atoms with E-state index in [-0.39, 0.29) is 23.5 Å². The van der Waals surface area contributed by atoms with Gasteiger partial charge in [-0.15, -0.1) is 0 Å². The van der Waals surface area contributed by atoms with Crippen LogP contribution in [0.4, 0.5) is 4.39 Å². The number of nitrogens with zero attached hydrogens (tertiary/aromatic N) is 1.